The summed E-state index contributed by atoms with van der Waals surface area (Å²) in [6, 6.07) is 3.79. The van der Waals surface area contributed by atoms with Crippen LogP contribution < -0.4 is 11.1 Å². The van der Waals surface area contributed by atoms with E-state index in [0.29, 0.717) is 29.2 Å². The van der Waals surface area contributed by atoms with E-state index in [2.05, 4.69) is 5.32 Å². The van der Waals surface area contributed by atoms with Gasteiger partial charge in [-0.15, -0.1) is 0 Å². The third-order valence-corrected chi connectivity index (χ3v) is 4.53. The molecule has 1 aromatic rings. The molecule has 0 amide bonds. The first-order valence-corrected chi connectivity index (χ1v) is 7.40. The molecule has 0 bridgehead atoms. The van der Waals surface area contributed by atoms with Gasteiger partial charge in [-0.1, -0.05) is 24.4 Å². The van der Waals surface area contributed by atoms with Gasteiger partial charge in [-0.05, 0) is 49.3 Å². The largest absolute Gasteiger partial charge is 0.398 e. The molecule has 1 aliphatic rings. The van der Waals surface area contributed by atoms with Gasteiger partial charge in [0.1, 0.15) is 0 Å². The Kier molecular flexibility index (Phi) is 4.94. The fourth-order valence-electron chi connectivity index (χ4n) is 2.93. The van der Waals surface area contributed by atoms with Crippen molar-refractivity contribution in [3.05, 3.63) is 22.7 Å². The molecule has 4 N–H and O–H groups in total. The van der Waals surface area contributed by atoms with Crippen molar-refractivity contribution in [2.75, 3.05) is 24.2 Å². The van der Waals surface area contributed by atoms with E-state index in [1.54, 1.807) is 0 Å². The van der Waals surface area contributed by atoms with Gasteiger partial charge in [-0.2, -0.15) is 0 Å². The van der Waals surface area contributed by atoms with Gasteiger partial charge in [0.2, 0.25) is 0 Å². The van der Waals surface area contributed by atoms with Crippen LogP contribution in [-0.2, 0) is 0 Å². The maximum absolute atomic E-state index is 9.43. The van der Waals surface area contributed by atoms with Crippen molar-refractivity contribution in [2.24, 2.45) is 11.8 Å². The summed E-state index contributed by atoms with van der Waals surface area (Å²) in [5.41, 5.74) is 8.55. The topological polar surface area (TPSA) is 58.3 Å². The number of aryl methyl sites for hydroxylation is 1. The summed E-state index contributed by atoms with van der Waals surface area (Å²) < 4.78 is 0. The summed E-state index contributed by atoms with van der Waals surface area (Å²) in [5, 5.41) is 13.5. The third kappa shape index (κ3) is 3.54. The van der Waals surface area contributed by atoms with Crippen molar-refractivity contribution < 1.29 is 5.11 Å². The van der Waals surface area contributed by atoms with Crippen molar-refractivity contribution in [2.45, 2.75) is 32.6 Å². The van der Waals surface area contributed by atoms with Crippen LogP contribution in [0, 0.1) is 18.8 Å². The van der Waals surface area contributed by atoms with Crippen molar-refractivity contribution in [1.29, 1.82) is 0 Å². The maximum Gasteiger partial charge on any atom is 0.0656 e. The number of aliphatic hydroxyl groups excluding tert-OH is 1. The molecule has 2 unspecified atom stereocenters. The lowest BCUT2D eigenvalue weighted by Crippen LogP contribution is -2.28. The van der Waals surface area contributed by atoms with E-state index in [1.807, 2.05) is 19.1 Å². The van der Waals surface area contributed by atoms with E-state index in [-0.39, 0.29) is 0 Å². The van der Waals surface area contributed by atoms with Gasteiger partial charge in [0.05, 0.1) is 10.7 Å². The molecule has 19 heavy (non-hydrogen) atoms. The summed E-state index contributed by atoms with van der Waals surface area (Å²) in [6.07, 6.45) is 4.85. The fraction of sp³-hybridized carbons (Fsp3) is 0.600. The van der Waals surface area contributed by atoms with E-state index in [1.165, 1.54) is 19.3 Å². The average molecular weight is 283 g/mol. The van der Waals surface area contributed by atoms with Gasteiger partial charge < -0.3 is 16.2 Å². The number of hydrogen-bond acceptors (Lipinski definition) is 3. The van der Waals surface area contributed by atoms with Gasteiger partial charge in [-0.25, -0.2) is 0 Å². The molecule has 3 nitrogen and oxygen atoms in total. The summed E-state index contributed by atoms with van der Waals surface area (Å²) in [4.78, 5) is 0. The van der Waals surface area contributed by atoms with E-state index in [9.17, 15) is 5.11 Å². The van der Waals surface area contributed by atoms with Crippen molar-refractivity contribution >= 4 is 23.0 Å². The molecule has 0 aliphatic heterocycles. The molecule has 0 radical (unpaired) electrons. The van der Waals surface area contributed by atoms with E-state index >= 15 is 0 Å². The minimum absolute atomic E-state index is 0.299. The highest BCUT2D eigenvalue weighted by Crippen LogP contribution is 2.31. The molecule has 0 aromatic heterocycles. The molecular formula is C15H23ClN2O. The monoisotopic (exact) mass is 282 g/mol. The van der Waals surface area contributed by atoms with Crippen LogP contribution in [0.5, 0.6) is 0 Å². The Morgan fingerprint density at radius 3 is 2.68 bits per heavy atom. The molecule has 1 saturated carbocycles. The number of nitrogen functional groups attached to an aromatic ring is 1. The zero-order valence-electron chi connectivity index (χ0n) is 11.5. The number of nitrogens with two attached hydrogens (primary N) is 1. The predicted molar refractivity (Wildman–Crippen MR) is 81.6 cm³/mol. The molecule has 0 spiro atoms. The summed E-state index contributed by atoms with van der Waals surface area (Å²) >= 11 is 6.06. The van der Waals surface area contributed by atoms with Gasteiger partial charge in [0.25, 0.3) is 0 Å². The third-order valence-electron chi connectivity index (χ3n) is 4.20. The van der Waals surface area contributed by atoms with Crippen LogP contribution in [0.4, 0.5) is 11.4 Å². The van der Waals surface area contributed by atoms with E-state index < -0.39 is 0 Å². The summed E-state index contributed by atoms with van der Waals surface area (Å²) in [6.45, 7) is 3.22. The summed E-state index contributed by atoms with van der Waals surface area (Å²) in [7, 11) is 0. The Hall–Kier alpha value is -0.930. The van der Waals surface area contributed by atoms with Crippen LogP contribution in [0.25, 0.3) is 0 Å². The van der Waals surface area contributed by atoms with Gasteiger partial charge in [0, 0.05) is 18.8 Å². The smallest absolute Gasteiger partial charge is 0.0656 e. The Labute approximate surface area is 120 Å². The Morgan fingerprint density at radius 2 is 2.00 bits per heavy atom. The molecule has 1 aromatic carbocycles. The first-order valence-electron chi connectivity index (χ1n) is 7.02. The second kappa shape index (κ2) is 6.49. The number of aliphatic hydroxyl groups is 1. The van der Waals surface area contributed by atoms with E-state index in [0.717, 1.165) is 24.2 Å². The van der Waals surface area contributed by atoms with Gasteiger partial charge in [0.15, 0.2) is 0 Å². The molecule has 1 fully saturated rings. The minimum Gasteiger partial charge on any atom is -0.398 e. The van der Waals surface area contributed by atoms with Crippen molar-refractivity contribution in [1.82, 2.24) is 0 Å². The van der Waals surface area contributed by atoms with Crippen LogP contribution >= 0.6 is 11.6 Å². The molecule has 2 atom stereocenters. The van der Waals surface area contributed by atoms with Gasteiger partial charge >= 0.3 is 0 Å². The van der Waals surface area contributed by atoms with Crippen LogP contribution in [0.2, 0.25) is 5.02 Å². The maximum atomic E-state index is 9.43. The van der Waals surface area contributed by atoms with Gasteiger partial charge in [-0.3, -0.25) is 0 Å². The molecule has 1 aliphatic carbocycles. The first kappa shape index (κ1) is 14.5. The van der Waals surface area contributed by atoms with E-state index in [4.69, 9.17) is 17.3 Å². The number of nitrogens with one attached hydrogen (secondary N) is 1. The lowest BCUT2D eigenvalue weighted by Gasteiger charge is -2.30. The van der Waals surface area contributed by atoms with Crippen LogP contribution in [0.15, 0.2) is 12.1 Å². The lowest BCUT2D eigenvalue weighted by atomic mass is 9.79. The second-order valence-electron chi connectivity index (χ2n) is 5.56. The molecular weight excluding hydrogens is 260 g/mol. The normalized spacial score (nSPS) is 23.3. The van der Waals surface area contributed by atoms with Crippen molar-refractivity contribution in [3.63, 3.8) is 0 Å². The zero-order chi connectivity index (χ0) is 13.8. The quantitative estimate of drug-likeness (QED) is 0.742. The molecule has 106 valence electrons. The standard InChI is InChI=1S/C15H23ClN2O/c1-10-6-14(17)13(16)7-15(10)18-8-11-4-2-3-5-12(11)9-19/h6-7,11-12,18-19H,2-5,8-9,17H2,1H3. The van der Waals surface area contributed by atoms with Crippen LogP contribution in [0.1, 0.15) is 31.2 Å². The summed E-state index contributed by atoms with van der Waals surface area (Å²) in [5.74, 6) is 0.986. The lowest BCUT2D eigenvalue weighted by molar-refractivity contribution is 0.141. The zero-order valence-corrected chi connectivity index (χ0v) is 12.2. The van der Waals surface area contributed by atoms with Crippen LogP contribution in [0.3, 0.4) is 0 Å². The number of rotatable bonds is 4. The predicted octanol–water partition coefficient (Wildman–Crippen LogP) is 3.44. The molecule has 0 saturated heterocycles. The number of hydrogen-bond donors (Lipinski definition) is 3. The first-order chi connectivity index (χ1) is 9.11. The number of halogens is 1. The van der Waals surface area contributed by atoms with Crippen molar-refractivity contribution in [3.8, 4) is 0 Å². The Bertz CT molecular complexity index is 436. The highest BCUT2D eigenvalue weighted by atomic mass is 35.5. The SMILES string of the molecule is Cc1cc(N)c(Cl)cc1NCC1CCCCC1CO. The number of anilines is 2. The molecule has 0 heterocycles. The molecule has 4 heteroatoms. The number of benzene rings is 1. The highest BCUT2D eigenvalue weighted by Gasteiger charge is 2.24. The highest BCUT2D eigenvalue weighted by molar-refractivity contribution is 6.33. The molecule has 2 rings (SSSR count). The Balaban J connectivity index is 1.99. The second-order valence-corrected chi connectivity index (χ2v) is 5.96. The fourth-order valence-corrected chi connectivity index (χ4v) is 3.09. The minimum atomic E-state index is 0.299. The Morgan fingerprint density at radius 1 is 1.32 bits per heavy atom. The average Bonchev–Trinajstić information content (AvgIpc) is 2.41. The van der Waals surface area contributed by atoms with Crippen LogP contribution in [-0.4, -0.2) is 18.3 Å².